The summed E-state index contributed by atoms with van der Waals surface area (Å²) in [6.45, 7) is 2.50. The summed E-state index contributed by atoms with van der Waals surface area (Å²) in [5.41, 5.74) is 4.63. The zero-order valence-corrected chi connectivity index (χ0v) is 14.4. The van der Waals surface area contributed by atoms with E-state index in [-0.39, 0.29) is 6.71 Å². The molecule has 24 heavy (non-hydrogen) atoms. The van der Waals surface area contributed by atoms with Crippen LogP contribution in [0.2, 0.25) is 6.55 Å². The van der Waals surface area contributed by atoms with Crippen molar-refractivity contribution in [2.24, 2.45) is 0 Å². The van der Waals surface area contributed by atoms with Gasteiger partial charge in [0.1, 0.15) is 20.3 Å². The molecule has 2 aliphatic heterocycles. The number of rotatable bonds is 0. The van der Waals surface area contributed by atoms with Crippen LogP contribution in [-0.2, 0) is 0 Å². The van der Waals surface area contributed by atoms with Gasteiger partial charge in [0.25, 0.3) is 6.71 Å². The first-order valence-electron chi connectivity index (χ1n) is 8.22. The molecule has 4 heteroatoms. The van der Waals surface area contributed by atoms with Crippen LogP contribution in [0, 0.1) is 11.3 Å². The van der Waals surface area contributed by atoms with E-state index >= 15 is 0 Å². The predicted octanol–water partition coefficient (Wildman–Crippen LogP) is 0.465. The minimum Gasteiger partial charge on any atom is -0.458 e. The molecule has 0 spiro atoms. The van der Waals surface area contributed by atoms with Gasteiger partial charge >= 0.3 is 0 Å². The van der Waals surface area contributed by atoms with E-state index in [0.29, 0.717) is 0 Å². The first-order chi connectivity index (χ1) is 11.8. The number of nitriles is 1. The summed E-state index contributed by atoms with van der Waals surface area (Å²) in [4.78, 5) is 0. The number of para-hydroxylation sites is 1. The third-order valence-corrected chi connectivity index (χ3v) is 8.26. The highest BCUT2D eigenvalue weighted by Crippen LogP contribution is 2.25. The Morgan fingerprint density at radius 3 is 2.50 bits per heavy atom. The lowest BCUT2D eigenvalue weighted by atomic mass is 9.35. The summed E-state index contributed by atoms with van der Waals surface area (Å²) in [5, 5.41) is 12.4. The van der Waals surface area contributed by atoms with Crippen LogP contribution < -0.4 is 31.5 Å². The molecule has 112 valence electrons. The van der Waals surface area contributed by atoms with Gasteiger partial charge in [-0.1, -0.05) is 59.7 Å². The van der Waals surface area contributed by atoms with Crippen molar-refractivity contribution in [2.45, 2.75) is 6.55 Å². The third-order valence-electron chi connectivity index (χ3n) is 5.31. The lowest BCUT2D eigenvalue weighted by Gasteiger charge is -2.36. The van der Waals surface area contributed by atoms with Crippen LogP contribution in [-0.4, -0.2) is 15.5 Å². The summed E-state index contributed by atoms with van der Waals surface area (Å²) < 4.78 is 6.20. The molecule has 2 aliphatic rings. The Labute approximate surface area is 143 Å². The first kappa shape index (κ1) is 13.7. The number of nitrogens with zero attached hydrogens (tertiary/aromatic N) is 1. The summed E-state index contributed by atoms with van der Waals surface area (Å²) in [5.74, 6) is 1.85. The zero-order valence-electron chi connectivity index (χ0n) is 13.3. The van der Waals surface area contributed by atoms with E-state index in [2.05, 4.69) is 49.0 Å². The second-order valence-corrected chi connectivity index (χ2v) is 9.12. The van der Waals surface area contributed by atoms with E-state index in [4.69, 9.17) is 4.74 Å². The molecular formula is C20H14BNOSi. The van der Waals surface area contributed by atoms with Gasteiger partial charge in [-0.05, 0) is 34.3 Å². The molecule has 1 atom stereocenters. The van der Waals surface area contributed by atoms with Crippen molar-refractivity contribution in [3.63, 3.8) is 0 Å². The van der Waals surface area contributed by atoms with Gasteiger partial charge in [0.05, 0.1) is 11.6 Å². The van der Waals surface area contributed by atoms with Crippen molar-refractivity contribution in [1.82, 2.24) is 0 Å². The first-order valence-corrected chi connectivity index (χ1v) is 10.5. The average Bonchev–Trinajstić information content (AvgIpc) is 2.64. The van der Waals surface area contributed by atoms with Crippen LogP contribution in [0.25, 0.3) is 0 Å². The normalized spacial score (nSPS) is 16.3. The molecule has 2 heterocycles. The molecule has 1 unspecified atom stereocenters. The Balaban J connectivity index is 1.92. The fourth-order valence-electron chi connectivity index (χ4n) is 4.30. The smallest absolute Gasteiger partial charge is 0.250 e. The van der Waals surface area contributed by atoms with Crippen LogP contribution in [0.15, 0.2) is 60.7 Å². The maximum absolute atomic E-state index is 9.65. The Morgan fingerprint density at radius 2 is 1.67 bits per heavy atom. The molecule has 0 N–H and O–H groups in total. The van der Waals surface area contributed by atoms with E-state index in [0.717, 1.165) is 17.1 Å². The lowest BCUT2D eigenvalue weighted by molar-refractivity contribution is 0.488. The van der Waals surface area contributed by atoms with Crippen molar-refractivity contribution in [2.75, 3.05) is 0 Å². The molecule has 0 aromatic heterocycles. The van der Waals surface area contributed by atoms with E-state index < -0.39 is 8.80 Å². The van der Waals surface area contributed by atoms with Crippen LogP contribution in [0.3, 0.4) is 0 Å². The van der Waals surface area contributed by atoms with Crippen LogP contribution in [0.5, 0.6) is 11.5 Å². The number of hydrogen-bond donors (Lipinski definition) is 0. The van der Waals surface area contributed by atoms with Gasteiger partial charge in [0.15, 0.2) is 0 Å². The fourth-order valence-corrected chi connectivity index (χ4v) is 7.18. The zero-order chi connectivity index (χ0) is 16.3. The fraction of sp³-hybridized carbons (Fsp3) is 0.0500. The van der Waals surface area contributed by atoms with Crippen molar-refractivity contribution in [3.05, 3.63) is 66.2 Å². The Hall–Kier alpha value is -2.77. The quantitative estimate of drug-likeness (QED) is 0.441. The van der Waals surface area contributed by atoms with Crippen molar-refractivity contribution in [1.29, 1.82) is 5.26 Å². The molecule has 3 aromatic carbocycles. The Bertz CT molecular complexity index is 1040. The topological polar surface area (TPSA) is 33.0 Å². The second kappa shape index (κ2) is 4.86. The standard InChI is InChI=1S/C20H14BNOSi/c1-24-18-9-5-3-7-15(18)21-14-6-2-4-8-16(14)23-17-11-10-13(12-22)20(24)19(17)21/h2-11,24H,1H3. The second-order valence-electron chi connectivity index (χ2n) is 6.47. The highest BCUT2D eigenvalue weighted by molar-refractivity contribution is 7.08. The highest BCUT2D eigenvalue weighted by atomic mass is 28.3. The SMILES string of the molecule is C[SiH]1c2ccccc2B2c3ccccc3Oc3ccc(C#N)c1c32. The summed E-state index contributed by atoms with van der Waals surface area (Å²) >= 11 is 0. The van der Waals surface area contributed by atoms with Gasteiger partial charge in [-0.3, -0.25) is 0 Å². The molecule has 0 bridgehead atoms. The van der Waals surface area contributed by atoms with Crippen LogP contribution >= 0.6 is 0 Å². The molecule has 3 aromatic rings. The summed E-state index contributed by atoms with van der Waals surface area (Å²) in [7, 11) is -1.41. The molecular weight excluding hydrogens is 309 g/mol. The largest absolute Gasteiger partial charge is 0.458 e. The number of benzene rings is 3. The number of ether oxygens (including phenoxy) is 1. The monoisotopic (exact) mass is 323 g/mol. The van der Waals surface area contributed by atoms with Crippen molar-refractivity contribution in [3.8, 4) is 17.6 Å². The van der Waals surface area contributed by atoms with Gasteiger partial charge < -0.3 is 4.74 Å². The van der Waals surface area contributed by atoms with Crippen LogP contribution in [0.4, 0.5) is 0 Å². The average molecular weight is 323 g/mol. The third kappa shape index (κ3) is 1.65. The Morgan fingerprint density at radius 1 is 0.917 bits per heavy atom. The summed E-state index contributed by atoms with van der Waals surface area (Å²) in [6, 6.07) is 23.3. The van der Waals surface area contributed by atoms with E-state index in [1.807, 2.05) is 24.3 Å². The van der Waals surface area contributed by atoms with Crippen LogP contribution in [0.1, 0.15) is 5.56 Å². The van der Waals surface area contributed by atoms with Gasteiger partial charge in [-0.25, -0.2) is 0 Å². The highest BCUT2D eigenvalue weighted by Gasteiger charge is 2.41. The van der Waals surface area contributed by atoms with Gasteiger partial charge in [-0.15, -0.1) is 0 Å². The van der Waals surface area contributed by atoms with Gasteiger partial charge in [-0.2, -0.15) is 5.26 Å². The number of hydrogen-bond acceptors (Lipinski definition) is 2. The molecule has 2 nitrogen and oxygen atoms in total. The maximum Gasteiger partial charge on any atom is 0.250 e. The molecule has 0 aliphatic carbocycles. The summed E-state index contributed by atoms with van der Waals surface area (Å²) in [6.07, 6.45) is 0. The van der Waals surface area contributed by atoms with Gasteiger partial charge in [0.2, 0.25) is 0 Å². The van der Waals surface area contributed by atoms with E-state index in [9.17, 15) is 5.26 Å². The maximum atomic E-state index is 9.65. The minimum atomic E-state index is -1.41. The van der Waals surface area contributed by atoms with Gasteiger partial charge in [0, 0.05) is 0 Å². The lowest BCUT2D eigenvalue weighted by Crippen LogP contribution is -2.73. The Kier molecular flexibility index (Phi) is 2.77. The van der Waals surface area contributed by atoms with Crippen molar-refractivity contribution < 1.29 is 4.74 Å². The van der Waals surface area contributed by atoms with E-state index in [1.165, 1.54) is 26.8 Å². The molecule has 0 saturated heterocycles. The molecule has 0 fully saturated rings. The molecule has 0 amide bonds. The minimum absolute atomic E-state index is 0.174. The van der Waals surface area contributed by atoms with Crippen molar-refractivity contribution >= 4 is 42.3 Å². The molecule has 0 radical (unpaired) electrons. The van der Waals surface area contributed by atoms with E-state index in [1.54, 1.807) is 0 Å². The molecule has 5 rings (SSSR count). The predicted molar refractivity (Wildman–Crippen MR) is 101 cm³/mol. The molecule has 0 saturated carbocycles. The number of fused-ring (bicyclic) bond motifs is 4.